The fourth-order valence-electron chi connectivity index (χ4n) is 7.99. The Bertz CT molecular complexity index is 2510. The molecule has 1 aliphatic rings. The highest BCUT2D eigenvalue weighted by atomic mass is 15.1. The molecule has 1 aliphatic carbocycles. The lowest BCUT2D eigenvalue weighted by Crippen LogP contribution is -2.16. The molecule has 0 fully saturated rings. The zero-order valence-electron chi connectivity index (χ0n) is 29.5. The number of rotatable bonds is 7. The second-order valence-electron chi connectivity index (χ2n) is 14.2. The van der Waals surface area contributed by atoms with Gasteiger partial charge in [0.05, 0.1) is 0 Å². The van der Waals surface area contributed by atoms with Gasteiger partial charge in [0.1, 0.15) is 0 Å². The van der Waals surface area contributed by atoms with Crippen LogP contribution in [0.4, 0.5) is 17.1 Å². The maximum Gasteiger partial charge on any atom is 0.0467 e. The molecule has 52 heavy (non-hydrogen) atoms. The van der Waals surface area contributed by atoms with Crippen molar-refractivity contribution in [2.75, 3.05) is 4.90 Å². The summed E-state index contributed by atoms with van der Waals surface area (Å²) in [6.07, 6.45) is 0. The molecule has 0 saturated carbocycles. The maximum atomic E-state index is 2.42. The van der Waals surface area contributed by atoms with Crippen molar-refractivity contribution < 1.29 is 0 Å². The summed E-state index contributed by atoms with van der Waals surface area (Å²) in [5.74, 6) is 0. The van der Waals surface area contributed by atoms with Gasteiger partial charge >= 0.3 is 0 Å². The molecule has 0 heterocycles. The van der Waals surface area contributed by atoms with Crippen LogP contribution in [0.2, 0.25) is 0 Å². The van der Waals surface area contributed by atoms with Crippen molar-refractivity contribution in [3.8, 4) is 55.6 Å². The van der Waals surface area contributed by atoms with Crippen molar-refractivity contribution in [3.05, 3.63) is 211 Å². The fourth-order valence-corrected chi connectivity index (χ4v) is 7.99. The van der Waals surface area contributed by atoms with Crippen LogP contribution < -0.4 is 4.90 Å². The van der Waals surface area contributed by atoms with Crippen LogP contribution in [0.25, 0.3) is 55.6 Å². The van der Waals surface area contributed by atoms with E-state index in [9.17, 15) is 0 Å². The normalized spacial score (nSPS) is 12.6. The van der Waals surface area contributed by atoms with E-state index in [2.05, 4.69) is 219 Å². The summed E-state index contributed by atoms with van der Waals surface area (Å²) >= 11 is 0. The quantitative estimate of drug-likeness (QED) is 0.164. The summed E-state index contributed by atoms with van der Waals surface area (Å²) in [6, 6.07) is 72.8. The molecule has 0 spiro atoms. The molecule has 0 bridgehead atoms. The highest BCUT2D eigenvalue weighted by Gasteiger charge is 2.35. The van der Waals surface area contributed by atoms with Crippen molar-refractivity contribution in [1.82, 2.24) is 0 Å². The summed E-state index contributed by atoms with van der Waals surface area (Å²) in [7, 11) is 0. The van der Waals surface area contributed by atoms with Crippen LogP contribution >= 0.6 is 0 Å². The van der Waals surface area contributed by atoms with Crippen LogP contribution in [0.3, 0.4) is 0 Å². The van der Waals surface area contributed by atoms with E-state index < -0.39 is 0 Å². The Balaban J connectivity index is 1.21. The Kier molecular flexibility index (Phi) is 7.90. The zero-order valence-corrected chi connectivity index (χ0v) is 29.5. The van der Waals surface area contributed by atoms with Crippen molar-refractivity contribution >= 4 is 17.1 Å². The Morgan fingerprint density at radius 2 is 0.788 bits per heavy atom. The van der Waals surface area contributed by atoms with Gasteiger partial charge in [0.15, 0.2) is 0 Å². The highest BCUT2D eigenvalue weighted by Crippen LogP contribution is 2.51. The molecule has 8 aromatic carbocycles. The van der Waals surface area contributed by atoms with Gasteiger partial charge in [0.2, 0.25) is 0 Å². The monoisotopic (exact) mass is 665 g/mol. The van der Waals surface area contributed by atoms with Gasteiger partial charge in [-0.15, -0.1) is 0 Å². The Hall–Kier alpha value is -6.44. The van der Waals surface area contributed by atoms with Crippen LogP contribution in [-0.2, 0) is 5.41 Å². The van der Waals surface area contributed by atoms with Crippen LogP contribution in [0.5, 0.6) is 0 Å². The van der Waals surface area contributed by atoms with Crippen LogP contribution in [0.15, 0.2) is 200 Å². The number of fused-ring (bicyclic) bond motifs is 3. The molecular weight excluding hydrogens is 627 g/mol. The van der Waals surface area contributed by atoms with E-state index in [4.69, 9.17) is 0 Å². The standard InChI is InChI=1S/C51H39N/c1-51(2)49-24-13-12-23-46(49)47-32-30-44(35-50(47)51)52(42-28-25-38(26-29-42)36-15-6-3-7-16-36)43-22-14-21-41(33-43)48-34-40(37-17-8-4-9-18-37)27-31-45(48)39-19-10-5-11-20-39/h3-35H,1-2H3. The van der Waals surface area contributed by atoms with Crippen molar-refractivity contribution in [1.29, 1.82) is 0 Å². The molecule has 0 atom stereocenters. The van der Waals surface area contributed by atoms with E-state index in [-0.39, 0.29) is 5.41 Å². The van der Waals surface area contributed by atoms with Gasteiger partial charge in [-0.2, -0.15) is 0 Å². The molecule has 8 aromatic rings. The van der Waals surface area contributed by atoms with Crippen LogP contribution in [-0.4, -0.2) is 0 Å². The third-order valence-electron chi connectivity index (χ3n) is 10.7. The summed E-state index contributed by atoms with van der Waals surface area (Å²) in [4.78, 5) is 2.42. The van der Waals surface area contributed by atoms with E-state index in [1.807, 2.05) is 0 Å². The molecule has 0 aromatic heterocycles. The van der Waals surface area contributed by atoms with E-state index in [1.165, 1.54) is 66.8 Å². The zero-order chi connectivity index (χ0) is 35.1. The lowest BCUT2D eigenvalue weighted by Gasteiger charge is -2.29. The largest absolute Gasteiger partial charge is 0.310 e. The minimum absolute atomic E-state index is 0.102. The first-order chi connectivity index (χ1) is 25.5. The summed E-state index contributed by atoms with van der Waals surface area (Å²) in [5, 5.41) is 0. The molecular formula is C51H39N. The van der Waals surface area contributed by atoms with Gasteiger partial charge in [-0.05, 0) is 109 Å². The number of benzene rings is 8. The molecule has 0 amide bonds. The molecule has 0 unspecified atom stereocenters. The molecule has 1 nitrogen and oxygen atoms in total. The molecule has 0 saturated heterocycles. The molecule has 0 radical (unpaired) electrons. The average Bonchev–Trinajstić information content (AvgIpc) is 3.44. The molecule has 0 N–H and O–H groups in total. The van der Waals surface area contributed by atoms with Crippen molar-refractivity contribution in [2.24, 2.45) is 0 Å². The Morgan fingerprint density at radius 1 is 0.288 bits per heavy atom. The summed E-state index contributed by atoms with van der Waals surface area (Å²) in [5.41, 5.74) is 18.3. The number of anilines is 3. The second-order valence-corrected chi connectivity index (χ2v) is 14.2. The lowest BCUT2D eigenvalue weighted by atomic mass is 9.82. The number of nitrogens with zero attached hydrogens (tertiary/aromatic N) is 1. The van der Waals surface area contributed by atoms with Gasteiger partial charge < -0.3 is 4.90 Å². The van der Waals surface area contributed by atoms with Crippen LogP contribution in [0.1, 0.15) is 25.0 Å². The summed E-state index contributed by atoms with van der Waals surface area (Å²) < 4.78 is 0. The molecule has 9 rings (SSSR count). The minimum Gasteiger partial charge on any atom is -0.310 e. The van der Waals surface area contributed by atoms with E-state index in [0.717, 1.165) is 17.1 Å². The number of hydrogen-bond acceptors (Lipinski definition) is 1. The third-order valence-corrected chi connectivity index (χ3v) is 10.7. The van der Waals surface area contributed by atoms with Gasteiger partial charge in [0.25, 0.3) is 0 Å². The number of hydrogen-bond donors (Lipinski definition) is 0. The lowest BCUT2D eigenvalue weighted by molar-refractivity contribution is 0.660. The topological polar surface area (TPSA) is 3.24 Å². The first kappa shape index (κ1) is 31.5. The first-order valence-electron chi connectivity index (χ1n) is 18.1. The van der Waals surface area contributed by atoms with Gasteiger partial charge in [-0.25, -0.2) is 0 Å². The maximum absolute atomic E-state index is 2.42. The SMILES string of the molecule is CC1(C)c2ccccc2-c2ccc(N(c3ccc(-c4ccccc4)cc3)c3cccc(-c4cc(-c5ccccc5)ccc4-c4ccccc4)c3)cc21. The molecule has 248 valence electrons. The molecule has 0 aliphatic heterocycles. The van der Waals surface area contributed by atoms with Gasteiger partial charge in [-0.1, -0.05) is 172 Å². The molecule has 1 heteroatoms. The average molecular weight is 666 g/mol. The van der Waals surface area contributed by atoms with E-state index in [1.54, 1.807) is 0 Å². The Morgan fingerprint density at radius 3 is 1.50 bits per heavy atom. The summed E-state index contributed by atoms with van der Waals surface area (Å²) in [6.45, 7) is 4.71. The third kappa shape index (κ3) is 5.61. The van der Waals surface area contributed by atoms with E-state index >= 15 is 0 Å². The second kappa shape index (κ2) is 13.0. The van der Waals surface area contributed by atoms with E-state index in [0.29, 0.717) is 0 Å². The minimum atomic E-state index is -0.102. The Labute approximate surface area is 307 Å². The van der Waals surface area contributed by atoms with Crippen LogP contribution in [0, 0.1) is 0 Å². The predicted molar refractivity (Wildman–Crippen MR) is 220 cm³/mol. The van der Waals surface area contributed by atoms with Gasteiger partial charge in [-0.3, -0.25) is 0 Å². The van der Waals surface area contributed by atoms with Crippen molar-refractivity contribution in [3.63, 3.8) is 0 Å². The highest BCUT2D eigenvalue weighted by molar-refractivity contribution is 5.90. The smallest absolute Gasteiger partial charge is 0.0467 e. The first-order valence-corrected chi connectivity index (χ1v) is 18.1. The fraction of sp³-hybridized carbons (Fsp3) is 0.0588. The van der Waals surface area contributed by atoms with Gasteiger partial charge in [0, 0.05) is 22.5 Å². The van der Waals surface area contributed by atoms with Crippen molar-refractivity contribution in [2.45, 2.75) is 19.3 Å². The predicted octanol–water partition coefficient (Wildman–Crippen LogP) is 14.1.